The van der Waals surface area contributed by atoms with E-state index in [1.807, 2.05) is 18.2 Å². The molecule has 3 N–H and O–H groups in total. The third kappa shape index (κ3) is 4.43. The fourth-order valence-corrected chi connectivity index (χ4v) is 6.65. The number of rotatable bonds is 2. The van der Waals surface area contributed by atoms with Crippen molar-refractivity contribution in [3.8, 4) is 22.3 Å². The van der Waals surface area contributed by atoms with Gasteiger partial charge in [0.25, 0.3) is 0 Å². The van der Waals surface area contributed by atoms with Crippen LogP contribution in [0.25, 0.3) is 56.5 Å². The van der Waals surface area contributed by atoms with Crippen molar-refractivity contribution < 1.29 is 5.11 Å². The van der Waals surface area contributed by atoms with Crippen molar-refractivity contribution >= 4 is 34.2 Å². The molecule has 2 aliphatic rings. The highest BCUT2D eigenvalue weighted by Crippen LogP contribution is 2.45. The lowest BCUT2D eigenvalue weighted by Gasteiger charge is -2.23. The summed E-state index contributed by atoms with van der Waals surface area (Å²) < 4.78 is 0. The highest BCUT2D eigenvalue weighted by molar-refractivity contribution is 5.95. The second-order valence-corrected chi connectivity index (χ2v) is 12.5. The number of aryl methyl sites for hydroxylation is 4. The van der Waals surface area contributed by atoms with Crippen molar-refractivity contribution in [3.63, 3.8) is 0 Å². The molecule has 0 spiro atoms. The molecule has 3 aromatic heterocycles. The van der Waals surface area contributed by atoms with E-state index in [2.05, 4.69) is 118 Å². The van der Waals surface area contributed by atoms with Crippen LogP contribution in [-0.4, -0.2) is 25.0 Å². The lowest BCUT2D eigenvalue weighted by atomic mass is 9.83. The zero-order valence-electron chi connectivity index (χ0n) is 25.5. The number of aliphatic hydroxyl groups is 1. The first kappa shape index (κ1) is 27.1. The van der Waals surface area contributed by atoms with Gasteiger partial charge in [0, 0.05) is 38.6 Å². The van der Waals surface area contributed by atoms with Gasteiger partial charge in [-0.25, -0.2) is 4.98 Å². The molecular formula is C38H36N4O. The summed E-state index contributed by atoms with van der Waals surface area (Å²) in [5, 5.41) is 11.8. The highest BCUT2D eigenvalue weighted by Gasteiger charge is 2.40. The number of hydrogen-bond donors (Lipinski definition) is 3. The van der Waals surface area contributed by atoms with Gasteiger partial charge in [-0.3, -0.25) is 4.98 Å². The van der Waals surface area contributed by atoms with Gasteiger partial charge < -0.3 is 15.1 Å². The van der Waals surface area contributed by atoms with Crippen LogP contribution < -0.4 is 0 Å². The van der Waals surface area contributed by atoms with Crippen LogP contribution in [-0.2, 0) is 5.41 Å². The lowest BCUT2D eigenvalue weighted by Crippen LogP contribution is -2.21. The number of aliphatic hydroxyl groups excluding tert-OH is 1. The molecule has 2 aromatic carbocycles. The van der Waals surface area contributed by atoms with Crippen LogP contribution in [0.2, 0.25) is 0 Å². The summed E-state index contributed by atoms with van der Waals surface area (Å²) in [6.07, 6.45) is 3.44. The van der Waals surface area contributed by atoms with Gasteiger partial charge in [0.05, 0.1) is 22.8 Å². The Labute approximate surface area is 252 Å². The number of fused-ring (bicyclic) bond motifs is 8. The molecule has 5 heteroatoms. The van der Waals surface area contributed by atoms with Crippen molar-refractivity contribution in [1.82, 2.24) is 19.9 Å². The predicted octanol–water partition coefficient (Wildman–Crippen LogP) is 9.06. The molecule has 5 aromatic rings. The molecule has 0 aliphatic carbocycles. The first-order valence-electron chi connectivity index (χ1n) is 14.9. The topological polar surface area (TPSA) is 77.6 Å². The van der Waals surface area contributed by atoms with Gasteiger partial charge in [-0.2, -0.15) is 0 Å². The van der Waals surface area contributed by atoms with Gasteiger partial charge in [-0.15, -0.1) is 0 Å². The van der Waals surface area contributed by atoms with Gasteiger partial charge in [0.2, 0.25) is 0 Å². The van der Waals surface area contributed by atoms with Crippen molar-refractivity contribution in [2.24, 2.45) is 0 Å². The zero-order chi connectivity index (χ0) is 30.0. The normalized spacial score (nSPS) is 15.7. The average molecular weight is 565 g/mol. The first-order chi connectivity index (χ1) is 20.6. The Hall–Kier alpha value is -4.74. The molecule has 1 atom stereocenters. The summed E-state index contributed by atoms with van der Waals surface area (Å²) in [7, 11) is 0. The van der Waals surface area contributed by atoms with Gasteiger partial charge in [0.1, 0.15) is 6.10 Å². The van der Waals surface area contributed by atoms with Crippen molar-refractivity contribution in [2.75, 3.05) is 0 Å². The maximum Gasteiger partial charge on any atom is 0.107 e. The van der Waals surface area contributed by atoms with E-state index in [4.69, 9.17) is 9.97 Å². The molecule has 7 rings (SSSR count). The second-order valence-electron chi connectivity index (χ2n) is 12.5. The molecule has 1 unspecified atom stereocenters. The van der Waals surface area contributed by atoms with E-state index in [1.54, 1.807) is 0 Å². The zero-order valence-corrected chi connectivity index (χ0v) is 25.5. The number of nitrogens with one attached hydrogen (secondary N) is 2. The minimum absolute atomic E-state index is 0.585. The molecule has 5 heterocycles. The smallest absolute Gasteiger partial charge is 0.107 e. The fourth-order valence-electron chi connectivity index (χ4n) is 6.65. The van der Waals surface area contributed by atoms with Crippen molar-refractivity contribution in [3.05, 3.63) is 118 Å². The van der Waals surface area contributed by atoms with Crippen LogP contribution in [0.1, 0.15) is 65.0 Å². The first-order valence-corrected chi connectivity index (χ1v) is 14.9. The van der Waals surface area contributed by atoms with Crippen LogP contribution in [0.15, 0.2) is 72.8 Å². The van der Waals surface area contributed by atoms with Gasteiger partial charge in [-0.1, -0.05) is 61.9 Å². The standard InChI is InChI=1S/C38H36N4O/c1-21-18-22(2)33(23(3)19-21)35-30-15-14-28(40-30)24(4)27-13-12-26(39-27)20-32-38(5,6)37(43)36(42-32)34(25-10-8-7-9-11-25)29-16-17-31(35)41-29/h7-20,37,39,41,43H,1-6H3. The van der Waals surface area contributed by atoms with Gasteiger partial charge >= 0.3 is 0 Å². The molecule has 0 saturated heterocycles. The van der Waals surface area contributed by atoms with E-state index >= 15 is 0 Å². The third-order valence-electron chi connectivity index (χ3n) is 9.00. The molecule has 0 fully saturated rings. The van der Waals surface area contributed by atoms with Crippen LogP contribution >= 0.6 is 0 Å². The van der Waals surface area contributed by atoms with Crippen LogP contribution in [0.5, 0.6) is 0 Å². The molecule has 0 amide bonds. The van der Waals surface area contributed by atoms with E-state index in [1.165, 1.54) is 22.3 Å². The Balaban J connectivity index is 1.70. The summed E-state index contributed by atoms with van der Waals surface area (Å²) in [5.74, 6) is 0. The Bertz CT molecular complexity index is 2090. The van der Waals surface area contributed by atoms with Crippen molar-refractivity contribution in [1.29, 1.82) is 0 Å². The molecule has 8 bridgehead atoms. The molecule has 214 valence electrons. The van der Waals surface area contributed by atoms with Crippen LogP contribution in [0, 0.1) is 27.7 Å². The van der Waals surface area contributed by atoms with Crippen LogP contribution in [0.3, 0.4) is 0 Å². The second kappa shape index (κ2) is 9.92. The number of benzene rings is 2. The molecule has 5 nitrogen and oxygen atoms in total. The number of H-pyrrole nitrogens is 2. The largest absolute Gasteiger partial charge is 0.386 e. The minimum Gasteiger partial charge on any atom is -0.386 e. The molecule has 2 aliphatic heterocycles. The Morgan fingerprint density at radius 1 is 0.674 bits per heavy atom. The molecule has 43 heavy (non-hydrogen) atoms. The summed E-state index contributed by atoms with van der Waals surface area (Å²) in [4.78, 5) is 17.7. The summed E-state index contributed by atoms with van der Waals surface area (Å²) >= 11 is 0. The number of aromatic amines is 2. The monoisotopic (exact) mass is 564 g/mol. The minimum atomic E-state index is -0.789. The molecule has 0 radical (unpaired) electrons. The van der Waals surface area contributed by atoms with Gasteiger partial charge in [0.15, 0.2) is 0 Å². The van der Waals surface area contributed by atoms with Crippen LogP contribution in [0.4, 0.5) is 0 Å². The van der Waals surface area contributed by atoms with E-state index in [9.17, 15) is 5.11 Å². The Kier molecular flexibility index (Phi) is 6.26. The quantitative estimate of drug-likeness (QED) is 0.196. The maximum atomic E-state index is 11.8. The lowest BCUT2D eigenvalue weighted by molar-refractivity contribution is 0.110. The third-order valence-corrected chi connectivity index (χ3v) is 9.00. The average Bonchev–Trinajstić information content (AvgIpc) is 3.77. The van der Waals surface area contributed by atoms with E-state index in [-0.39, 0.29) is 0 Å². The van der Waals surface area contributed by atoms with Crippen molar-refractivity contribution in [2.45, 2.75) is 53.1 Å². The van der Waals surface area contributed by atoms with E-state index in [0.717, 1.165) is 61.4 Å². The maximum absolute atomic E-state index is 11.8. The fraction of sp³-hybridized carbons (Fsp3) is 0.211. The molecule has 0 saturated carbocycles. The SMILES string of the molecule is Cc1cc(C)c(-c2c3nc(c(C)c4ccc(cc5nc(c(-c6ccccc6)c6ccc2[nH]6)C(O)C5(C)C)[nH]4)C=C3)c(C)c1. The highest BCUT2D eigenvalue weighted by atomic mass is 16.3. The van der Waals surface area contributed by atoms with E-state index in [0.29, 0.717) is 5.69 Å². The predicted molar refractivity (Wildman–Crippen MR) is 178 cm³/mol. The summed E-state index contributed by atoms with van der Waals surface area (Å²) in [6.45, 7) is 12.7. The Morgan fingerprint density at radius 3 is 2.05 bits per heavy atom. The number of nitrogens with zero attached hydrogens (tertiary/aromatic N) is 2. The number of aromatic nitrogens is 4. The van der Waals surface area contributed by atoms with E-state index < -0.39 is 11.5 Å². The summed E-state index contributed by atoms with van der Waals surface area (Å²) in [5.41, 5.74) is 15.4. The Morgan fingerprint density at radius 2 is 1.33 bits per heavy atom. The molecular weight excluding hydrogens is 528 g/mol. The number of hydrogen-bond acceptors (Lipinski definition) is 3. The summed E-state index contributed by atoms with van der Waals surface area (Å²) in [6, 6.07) is 25.2. The van der Waals surface area contributed by atoms with Gasteiger partial charge in [-0.05, 0) is 98.0 Å².